The number of carboxylic acids is 1. The number of carbonyl (C=O) groups is 1. The van der Waals surface area contributed by atoms with Crippen LogP contribution in [0.2, 0.25) is 0 Å². The predicted octanol–water partition coefficient (Wildman–Crippen LogP) is -0.790. The van der Waals surface area contributed by atoms with E-state index in [-0.39, 0.29) is 10.6 Å². The Bertz CT molecular complexity index is 878. The molecule has 0 aliphatic carbocycles. The minimum Gasteiger partial charge on any atom is -0.478 e. The van der Waals surface area contributed by atoms with Gasteiger partial charge < -0.3 is 5.11 Å². The number of primary sulfonamides is 1. The molecule has 126 valence electrons. The summed E-state index contributed by atoms with van der Waals surface area (Å²) in [5.41, 5.74) is 12.4. The molecule has 0 spiro atoms. The summed E-state index contributed by atoms with van der Waals surface area (Å²) in [5.74, 6) is -1.05. The number of nitrogens with two attached hydrogens (primary N) is 1. The summed E-state index contributed by atoms with van der Waals surface area (Å²) in [4.78, 5) is 14.9. The van der Waals surface area contributed by atoms with Crippen molar-refractivity contribution in [2.75, 3.05) is 0 Å². The summed E-state index contributed by atoms with van der Waals surface area (Å²) < 4.78 is 23.8. The summed E-state index contributed by atoms with van der Waals surface area (Å²) in [6.45, 7) is 0. The number of nitrogens with zero attached hydrogens (tertiary/aromatic N) is 1. The first-order valence-corrected chi connectivity index (χ1v) is 8.29. The van der Waals surface area contributed by atoms with E-state index in [2.05, 4.69) is 26.9 Å². The van der Waals surface area contributed by atoms with Gasteiger partial charge in [0.25, 0.3) is 10.0 Å². The monoisotopic (exact) mass is 350 g/mol. The molecule has 1 aromatic carbocycles. The molecule has 1 fully saturated rings. The number of hydrazine groups is 3. The molecule has 0 amide bonds. The van der Waals surface area contributed by atoms with Crippen LogP contribution in [0.5, 0.6) is 0 Å². The SMILES string of the molecule is NS(=O)(=O)c1nccc(-c2ccc(C(=O)O)cc2)c1C1NNNN1. The number of sulfonamides is 1. The summed E-state index contributed by atoms with van der Waals surface area (Å²) in [5, 5.41) is 14.0. The van der Waals surface area contributed by atoms with Gasteiger partial charge in [-0.05, 0) is 29.3 Å². The van der Waals surface area contributed by atoms with Crippen LogP contribution >= 0.6 is 0 Å². The van der Waals surface area contributed by atoms with E-state index in [0.717, 1.165) is 0 Å². The second-order valence-electron chi connectivity index (χ2n) is 4.98. The summed E-state index contributed by atoms with van der Waals surface area (Å²) in [6.07, 6.45) is 0.709. The third-order valence-corrected chi connectivity index (χ3v) is 4.31. The standard InChI is InChI=1S/C13H14N6O4S/c14-24(22,23)12-10(11-16-18-19-17-11)9(5-6-15-12)7-1-3-8(4-2-7)13(20)21/h1-6,11,16-19H,(H,20,21)(H2,14,22,23). The van der Waals surface area contributed by atoms with Gasteiger partial charge in [-0.1, -0.05) is 12.1 Å². The highest BCUT2D eigenvalue weighted by molar-refractivity contribution is 7.89. The Hall–Kier alpha value is -2.41. The first-order chi connectivity index (χ1) is 11.4. The smallest absolute Gasteiger partial charge is 0.335 e. The van der Waals surface area contributed by atoms with Crippen LogP contribution < -0.4 is 27.1 Å². The minimum absolute atomic E-state index is 0.126. The molecule has 0 bridgehead atoms. The number of carboxylic acid groups (broad SMARTS) is 1. The van der Waals surface area contributed by atoms with Gasteiger partial charge in [0, 0.05) is 11.8 Å². The molecule has 0 atom stereocenters. The molecule has 7 N–H and O–H groups in total. The van der Waals surface area contributed by atoms with Crippen molar-refractivity contribution in [3.05, 3.63) is 47.7 Å². The van der Waals surface area contributed by atoms with Crippen LogP contribution in [0.1, 0.15) is 22.1 Å². The number of hydrogen-bond donors (Lipinski definition) is 6. The zero-order chi connectivity index (χ0) is 17.3. The second kappa shape index (κ2) is 6.24. The molecule has 11 heteroatoms. The van der Waals surface area contributed by atoms with Crippen LogP contribution in [-0.2, 0) is 10.0 Å². The number of aromatic carboxylic acids is 1. The van der Waals surface area contributed by atoms with Crippen LogP contribution in [0.3, 0.4) is 0 Å². The number of pyridine rings is 1. The van der Waals surface area contributed by atoms with Crippen molar-refractivity contribution < 1.29 is 18.3 Å². The summed E-state index contributed by atoms with van der Waals surface area (Å²) in [6, 6.07) is 7.67. The molecule has 2 heterocycles. The average Bonchev–Trinajstić information content (AvgIpc) is 3.07. The van der Waals surface area contributed by atoms with Gasteiger partial charge in [-0.2, -0.15) is 11.1 Å². The lowest BCUT2D eigenvalue weighted by Gasteiger charge is -2.17. The van der Waals surface area contributed by atoms with Crippen molar-refractivity contribution in [1.82, 2.24) is 26.9 Å². The van der Waals surface area contributed by atoms with Gasteiger partial charge in [0.15, 0.2) is 5.03 Å². The first-order valence-electron chi connectivity index (χ1n) is 6.74. The van der Waals surface area contributed by atoms with E-state index >= 15 is 0 Å². The number of benzene rings is 1. The summed E-state index contributed by atoms with van der Waals surface area (Å²) in [7, 11) is -4.06. The Kier molecular flexibility index (Phi) is 4.28. The Balaban J connectivity index is 2.18. The van der Waals surface area contributed by atoms with Crippen molar-refractivity contribution >= 4 is 16.0 Å². The molecular formula is C13H14N6O4S. The minimum atomic E-state index is -4.06. The fraction of sp³-hybridized carbons (Fsp3) is 0.0769. The number of nitrogens with one attached hydrogen (secondary N) is 4. The number of aromatic nitrogens is 1. The molecule has 1 aromatic heterocycles. The van der Waals surface area contributed by atoms with Crippen LogP contribution in [0, 0.1) is 0 Å². The lowest BCUT2D eigenvalue weighted by atomic mass is 9.99. The lowest BCUT2D eigenvalue weighted by Crippen LogP contribution is -2.33. The zero-order valence-corrected chi connectivity index (χ0v) is 13.0. The van der Waals surface area contributed by atoms with Gasteiger partial charge in [0.1, 0.15) is 6.17 Å². The van der Waals surface area contributed by atoms with Crippen LogP contribution in [-0.4, -0.2) is 24.5 Å². The van der Waals surface area contributed by atoms with Gasteiger partial charge >= 0.3 is 5.97 Å². The van der Waals surface area contributed by atoms with E-state index in [0.29, 0.717) is 16.7 Å². The van der Waals surface area contributed by atoms with E-state index in [9.17, 15) is 13.2 Å². The lowest BCUT2D eigenvalue weighted by molar-refractivity contribution is 0.0697. The van der Waals surface area contributed by atoms with E-state index in [1.165, 1.54) is 18.3 Å². The van der Waals surface area contributed by atoms with Crippen molar-refractivity contribution in [2.45, 2.75) is 11.2 Å². The Morgan fingerprint density at radius 3 is 2.29 bits per heavy atom. The average molecular weight is 350 g/mol. The molecule has 0 unspecified atom stereocenters. The Labute approximate surface area is 137 Å². The predicted molar refractivity (Wildman–Crippen MR) is 83.3 cm³/mol. The number of hydrogen-bond acceptors (Lipinski definition) is 8. The fourth-order valence-electron chi connectivity index (χ4n) is 2.40. The molecule has 0 saturated carbocycles. The highest BCUT2D eigenvalue weighted by Crippen LogP contribution is 2.31. The summed E-state index contributed by atoms with van der Waals surface area (Å²) >= 11 is 0. The zero-order valence-electron chi connectivity index (χ0n) is 12.1. The van der Waals surface area contributed by atoms with Crippen LogP contribution in [0.15, 0.2) is 41.6 Å². The van der Waals surface area contributed by atoms with E-state index in [4.69, 9.17) is 10.2 Å². The van der Waals surface area contributed by atoms with Crippen molar-refractivity contribution in [3.63, 3.8) is 0 Å². The van der Waals surface area contributed by atoms with Crippen molar-refractivity contribution in [3.8, 4) is 11.1 Å². The maximum atomic E-state index is 11.9. The molecule has 1 saturated heterocycles. The van der Waals surface area contributed by atoms with E-state index in [1.54, 1.807) is 18.2 Å². The van der Waals surface area contributed by atoms with Gasteiger partial charge in [-0.3, -0.25) is 0 Å². The second-order valence-corrected chi connectivity index (χ2v) is 6.45. The van der Waals surface area contributed by atoms with Gasteiger partial charge in [0.05, 0.1) is 5.56 Å². The Morgan fingerprint density at radius 2 is 1.75 bits per heavy atom. The highest BCUT2D eigenvalue weighted by atomic mass is 32.2. The maximum Gasteiger partial charge on any atom is 0.335 e. The van der Waals surface area contributed by atoms with Gasteiger partial charge in [-0.15, -0.1) is 0 Å². The third-order valence-electron chi connectivity index (χ3n) is 3.45. The normalized spacial score (nSPS) is 15.5. The van der Waals surface area contributed by atoms with Crippen molar-refractivity contribution in [1.29, 1.82) is 0 Å². The topological polar surface area (TPSA) is 158 Å². The fourth-order valence-corrected chi connectivity index (χ4v) is 3.14. The molecule has 1 aliphatic heterocycles. The molecule has 0 radical (unpaired) electrons. The van der Waals surface area contributed by atoms with Crippen LogP contribution in [0.25, 0.3) is 11.1 Å². The van der Waals surface area contributed by atoms with Gasteiger partial charge in [-0.25, -0.2) is 34.2 Å². The maximum absolute atomic E-state index is 11.9. The van der Waals surface area contributed by atoms with E-state index in [1.807, 2.05) is 0 Å². The molecule has 1 aliphatic rings. The number of rotatable bonds is 4. The molecule has 24 heavy (non-hydrogen) atoms. The quantitative estimate of drug-likeness (QED) is 0.415. The molecular weight excluding hydrogens is 336 g/mol. The Morgan fingerprint density at radius 1 is 1.12 bits per heavy atom. The van der Waals surface area contributed by atoms with Crippen LogP contribution in [0.4, 0.5) is 0 Å². The first kappa shape index (κ1) is 16.4. The highest BCUT2D eigenvalue weighted by Gasteiger charge is 2.28. The third kappa shape index (κ3) is 3.12. The van der Waals surface area contributed by atoms with E-state index < -0.39 is 22.2 Å². The molecule has 10 nitrogen and oxygen atoms in total. The molecule has 3 rings (SSSR count). The largest absolute Gasteiger partial charge is 0.478 e. The van der Waals surface area contributed by atoms with Gasteiger partial charge in [0.2, 0.25) is 0 Å². The van der Waals surface area contributed by atoms with Crippen molar-refractivity contribution in [2.24, 2.45) is 5.14 Å². The molecule has 2 aromatic rings.